The van der Waals surface area contributed by atoms with Crippen molar-refractivity contribution < 1.29 is 9.53 Å². The monoisotopic (exact) mass is 227 g/mol. The number of nitrogens with one attached hydrogen (secondary N) is 2. The van der Waals surface area contributed by atoms with Crippen molar-refractivity contribution in [3.63, 3.8) is 0 Å². The van der Waals surface area contributed by atoms with Gasteiger partial charge >= 0.3 is 6.03 Å². The molecule has 1 saturated heterocycles. The minimum Gasteiger partial charge on any atom is -0.358 e. The molecular weight excluding hydrogens is 214 g/mol. The summed E-state index contributed by atoms with van der Waals surface area (Å²) in [6.07, 6.45) is 1.73. The summed E-state index contributed by atoms with van der Waals surface area (Å²) in [6, 6.07) is -0.253. The molecule has 0 aromatic carbocycles. The van der Waals surface area contributed by atoms with Crippen LogP contribution in [0.25, 0.3) is 0 Å². The predicted octanol–water partition coefficient (Wildman–Crippen LogP) is 1.71. The van der Waals surface area contributed by atoms with Gasteiger partial charge in [0.1, 0.15) is 6.23 Å². The number of ether oxygens (including phenoxy) is 1. The fourth-order valence-corrected chi connectivity index (χ4v) is 2.07. The van der Waals surface area contributed by atoms with Gasteiger partial charge in [-0.15, -0.1) is 11.3 Å². The maximum absolute atomic E-state index is 11.4. The third kappa shape index (κ3) is 2.90. The third-order valence-electron chi connectivity index (χ3n) is 2.06. The number of rotatable bonds is 2. The topological polar surface area (TPSA) is 63.2 Å². The van der Waals surface area contributed by atoms with Gasteiger partial charge in [-0.25, -0.2) is 9.78 Å². The molecule has 2 amide bonds. The number of urea groups is 1. The minimum atomic E-state index is -0.253. The number of carbonyl (C=O) groups excluding carboxylic acids is 1. The summed E-state index contributed by atoms with van der Waals surface area (Å²) < 4.78 is 5.28. The van der Waals surface area contributed by atoms with Gasteiger partial charge in [0.25, 0.3) is 0 Å². The lowest BCUT2D eigenvalue weighted by atomic mass is 10.3. The molecular formula is C9H13N3O2S. The number of nitrogens with zero attached hydrogens (tertiary/aromatic N) is 1. The molecule has 1 aromatic rings. The van der Waals surface area contributed by atoms with Crippen LogP contribution in [0.15, 0.2) is 5.38 Å². The molecule has 0 radical (unpaired) electrons. The maximum atomic E-state index is 11.4. The van der Waals surface area contributed by atoms with Crippen LogP contribution in [0.2, 0.25) is 0 Å². The van der Waals surface area contributed by atoms with Crippen molar-refractivity contribution in [2.24, 2.45) is 0 Å². The largest absolute Gasteiger partial charge is 0.358 e. The van der Waals surface area contributed by atoms with Crippen LogP contribution in [0.4, 0.5) is 9.93 Å². The fraction of sp³-hybridized carbons (Fsp3) is 0.556. The Morgan fingerprint density at radius 2 is 2.60 bits per heavy atom. The van der Waals surface area contributed by atoms with E-state index in [-0.39, 0.29) is 12.3 Å². The van der Waals surface area contributed by atoms with Crippen LogP contribution in [0.1, 0.15) is 18.5 Å². The SMILES string of the molecule is Cc1csc(NC(=O)NC2CCCO2)n1. The van der Waals surface area contributed by atoms with Gasteiger partial charge in [-0.05, 0) is 19.8 Å². The standard InChI is InChI=1S/C9H13N3O2S/c1-6-5-15-9(10-6)12-8(13)11-7-3-2-4-14-7/h5,7H,2-4H2,1H3,(H2,10,11,12,13). The number of carbonyl (C=O) groups is 1. The number of aryl methyl sites for hydroxylation is 1. The van der Waals surface area contributed by atoms with Gasteiger partial charge in [0, 0.05) is 12.0 Å². The first kappa shape index (κ1) is 10.4. The molecule has 1 fully saturated rings. The highest BCUT2D eigenvalue weighted by molar-refractivity contribution is 7.13. The molecule has 1 aliphatic heterocycles. The van der Waals surface area contributed by atoms with E-state index in [0.717, 1.165) is 25.1 Å². The first-order valence-electron chi connectivity index (χ1n) is 4.85. The van der Waals surface area contributed by atoms with Crippen molar-refractivity contribution in [1.82, 2.24) is 10.3 Å². The maximum Gasteiger partial charge on any atom is 0.323 e. The second-order valence-electron chi connectivity index (χ2n) is 3.39. The van der Waals surface area contributed by atoms with E-state index >= 15 is 0 Å². The normalized spacial score (nSPS) is 20.2. The van der Waals surface area contributed by atoms with E-state index in [1.807, 2.05) is 12.3 Å². The van der Waals surface area contributed by atoms with E-state index in [2.05, 4.69) is 15.6 Å². The lowest BCUT2D eigenvalue weighted by molar-refractivity contribution is 0.0928. The van der Waals surface area contributed by atoms with Gasteiger partial charge in [-0.2, -0.15) is 0 Å². The van der Waals surface area contributed by atoms with Gasteiger partial charge < -0.3 is 10.1 Å². The van der Waals surface area contributed by atoms with Gasteiger partial charge in [0.05, 0.1) is 5.69 Å². The fourth-order valence-electron chi connectivity index (χ4n) is 1.38. The predicted molar refractivity (Wildman–Crippen MR) is 58.0 cm³/mol. The number of anilines is 1. The van der Waals surface area contributed by atoms with Crippen LogP contribution in [-0.4, -0.2) is 23.8 Å². The molecule has 5 nitrogen and oxygen atoms in total. The Morgan fingerprint density at radius 1 is 1.73 bits per heavy atom. The Balaban J connectivity index is 1.81. The van der Waals surface area contributed by atoms with Crippen LogP contribution in [-0.2, 0) is 4.74 Å². The smallest absolute Gasteiger partial charge is 0.323 e. The lowest BCUT2D eigenvalue weighted by Gasteiger charge is -2.11. The van der Waals surface area contributed by atoms with Gasteiger partial charge in [0.15, 0.2) is 5.13 Å². The highest BCUT2D eigenvalue weighted by atomic mass is 32.1. The van der Waals surface area contributed by atoms with Gasteiger partial charge in [0.2, 0.25) is 0 Å². The molecule has 1 aromatic heterocycles. The van der Waals surface area contributed by atoms with Crippen LogP contribution < -0.4 is 10.6 Å². The van der Waals surface area contributed by atoms with E-state index in [1.54, 1.807) is 0 Å². The molecule has 15 heavy (non-hydrogen) atoms. The third-order valence-corrected chi connectivity index (χ3v) is 2.94. The summed E-state index contributed by atoms with van der Waals surface area (Å²) in [5.41, 5.74) is 0.910. The first-order valence-corrected chi connectivity index (χ1v) is 5.73. The summed E-state index contributed by atoms with van der Waals surface area (Å²) in [7, 11) is 0. The molecule has 0 aliphatic carbocycles. The number of amides is 2. The molecule has 1 aliphatic rings. The quantitative estimate of drug-likeness (QED) is 0.808. The Kier molecular flexibility index (Phi) is 3.17. The molecule has 0 saturated carbocycles. The molecule has 2 heterocycles. The van der Waals surface area contributed by atoms with E-state index in [1.165, 1.54) is 11.3 Å². The summed E-state index contributed by atoms with van der Waals surface area (Å²) in [6.45, 7) is 2.61. The van der Waals surface area contributed by atoms with E-state index in [9.17, 15) is 4.79 Å². The van der Waals surface area contributed by atoms with Crippen molar-refractivity contribution >= 4 is 22.5 Å². The molecule has 0 bridgehead atoms. The summed E-state index contributed by atoms with van der Waals surface area (Å²) in [5, 5.41) is 7.90. The number of thiazole rings is 1. The van der Waals surface area contributed by atoms with Crippen LogP contribution >= 0.6 is 11.3 Å². The second kappa shape index (κ2) is 4.59. The lowest BCUT2D eigenvalue weighted by Crippen LogP contribution is -2.37. The molecule has 0 spiro atoms. The minimum absolute atomic E-state index is 0.147. The van der Waals surface area contributed by atoms with Gasteiger partial charge in [-0.1, -0.05) is 0 Å². The van der Waals surface area contributed by atoms with Crippen molar-refractivity contribution in [1.29, 1.82) is 0 Å². The molecule has 6 heteroatoms. The van der Waals surface area contributed by atoms with Crippen molar-refractivity contribution in [2.75, 3.05) is 11.9 Å². The number of hydrogen-bond donors (Lipinski definition) is 2. The highest BCUT2D eigenvalue weighted by Crippen LogP contribution is 2.14. The molecule has 1 unspecified atom stereocenters. The zero-order valence-electron chi connectivity index (χ0n) is 8.45. The average Bonchev–Trinajstić information content (AvgIpc) is 2.77. The zero-order chi connectivity index (χ0) is 10.7. The molecule has 1 atom stereocenters. The Labute approximate surface area is 91.9 Å². The highest BCUT2D eigenvalue weighted by Gasteiger charge is 2.17. The Bertz CT molecular complexity index is 347. The van der Waals surface area contributed by atoms with Crippen molar-refractivity contribution in [3.05, 3.63) is 11.1 Å². The Morgan fingerprint density at radius 3 is 3.20 bits per heavy atom. The summed E-state index contributed by atoms with van der Waals surface area (Å²) in [4.78, 5) is 15.6. The second-order valence-corrected chi connectivity index (χ2v) is 4.25. The molecule has 82 valence electrons. The first-order chi connectivity index (χ1) is 7.24. The van der Waals surface area contributed by atoms with E-state index in [4.69, 9.17) is 4.74 Å². The molecule has 2 N–H and O–H groups in total. The van der Waals surface area contributed by atoms with E-state index in [0.29, 0.717) is 5.13 Å². The van der Waals surface area contributed by atoms with Crippen molar-refractivity contribution in [3.8, 4) is 0 Å². The van der Waals surface area contributed by atoms with Crippen LogP contribution in [0, 0.1) is 6.92 Å². The van der Waals surface area contributed by atoms with E-state index < -0.39 is 0 Å². The Hall–Kier alpha value is -1.14. The van der Waals surface area contributed by atoms with Crippen molar-refractivity contribution in [2.45, 2.75) is 26.0 Å². The van der Waals surface area contributed by atoms with Gasteiger partial charge in [-0.3, -0.25) is 5.32 Å². The molecule has 2 rings (SSSR count). The average molecular weight is 227 g/mol. The number of aromatic nitrogens is 1. The number of hydrogen-bond acceptors (Lipinski definition) is 4. The summed E-state index contributed by atoms with van der Waals surface area (Å²) >= 11 is 1.41. The van der Waals surface area contributed by atoms with Crippen LogP contribution in [0.3, 0.4) is 0 Å². The summed E-state index contributed by atoms with van der Waals surface area (Å²) in [5.74, 6) is 0. The zero-order valence-corrected chi connectivity index (χ0v) is 9.26. The van der Waals surface area contributed by atoms with Crippen LogP contribution in [0.5, 0.6) is 0 Å².